The first kappa shape index (κ1) is 9.07. The summed E-state index contributed by atoms with van der Waals surface area (Å²) in [4.78, 5) is 3.45. The summed E-state index contributed by atoms with van der Waals surface area (Å²) in [5, 5.41) is 0. The Kier molecular flexibility index (Phi) is 2.40. The fourth-order valence-electron chi connectivity index (χ4n) is 1.74. The number of aryl methyl sites for hydroxylation is 2. The van der Waals surface area contributed by atoms with E-state index >= 15 is 0 Å². The second kappa shape index (κ2) is 3.70. The Labute approximate surface area is 84.8 Å². The van der Waals surface area contributed by atoms with Crippen molar-refractivity contribution in [3.63, 3.8) is 0 Å². The highest BCUT2D eigenvalue weighted by Crippen LogP contribution is 2.21. The molecule has 0 spiro atoms. The zero-order valence-corrected chi connectivity index (χ0v) is 8.67. The molecule has 0 bridgehead atoms. The summed E-state index contributed by atoms with van der Waals surface area (Å²) in [6, 6.07) is 12.7. The lowest BCUT2D eigenvalue weighted by atomic mass is 10.1. The summed E-state index contributed by atoms with van der Waals surface area (Å²) in [6.45, 7) is 4.33. The molecule has 0 atom stereocenters. The summed E-state index contributed by atoms with van der Waals surface area (Å²) in [6.07, 6.45) is 1.07. The Morgan fingerprint density at radius 1 is 1.14 bits per heavy atom. The van der Waals surface area contributed by atoms with Gasteiger partial charge in [-0.25, -0.2) is 0 Å². The molecule has 0 unspecified atom stereocenters. The monoisotopic (exact) mass is 185 g/mol. The van der Waals surface area contributed by atoms with E-state index in [1.807, 2.05) is 6.07 Å². The molecule has 1 heterocycles. The van der Waals surface area contributed by atoms with Crippen LogP contribution in [0, 0.1) is 6.92 Å². The molecule has 2 rings (SSSR count). The van der Waals surface area contributed by atoms with Gasteiger partial charge in [0.2, 0.25) is 0 Å². The van der Waals surface area contributed by atoms with E-state index in [9.17, 15) is 0 Å². The lowest BCUT2D eigenvalue weighted by molar-refractivity contribution is 1.05. The molecule has 1 aromatic carbocycles. The van der Waals surface area contributed by atoms with Crippen LogP contribution in [0.1, 0.15) is 18.2 Å². The van der Waals surface area contributed by atoms with Crippen LogP contribution in [-0.4, -0.2) is 4.98 Å². The Balaban J connectivity index is 2.43. The number of aromatic nitrogens is 1. The van der Waals surface area contributed by atoms with Gasteiger partial charge in [0.15, 0.2) is 0 Å². The fraction of sp³-hybridized carbons (Fsp3) is 0.231. The van der Waals surface area contributed by atoms with Gasteiger partial charge in [-0.05, 0) is 30.5 Å². The van der Waals surface area contributed by atoms with Crippen molar-refractivity contribution in [3.8, 4) is 11.3 Å². The van der Waals surface area contributed by atoms with Gasteiger partial charge in [0.05, 0.1) is 0 Å². The number of rotatable bonds is 2. The predicted octanol–water partition coefficient (Wildman–Crippen LogP) is 3.55. The number of H-pyrrole nitrogens is 1. The van der Waals surface area contributed by atoms with Gasteiger partial charge >= 0.3 is 0 Å². The molecule has 1 nitrogen and oxygen atoms in total. The van der Waals surface area contributed by atoms with Crippen LogP contribution in [0.3, 0.4) is 0 Å². The molecule has 0 aliphatic heterocycles. The van der Waals surface area contributed by atoms with E-state index in [-0.39, 0.29) is 0 Å². The summed E-state index contributed by atoms with van der Waals surface area (Å²) >= 11 is 0. The van der Waals surface area contributed by atoms with E-state index in [1.54, 1.807) is 0 Å². The highest BCUT2D eigenvalue weighted by atomic mass is 14.7. The summed E-state index contributed by atoms with van der Waals surface area (Å²) < 4.78 is 0. The number of aromatic amines is 1. The SMILES string of the molecule is CCc1[nH]c(-c2ccccc2)cc1C. The molecule has 0 aliphatic rings. The molecule has 0 aliphatic carbocycles. The number of hydrogen-bond donors (Lipinski definition) is 1. The third-order valence-electron chi connectivity index (χ3n) is 2.56. The topological polar surface area (TPSA) is 15.8 Å². The molecule has 0 radical (unpaired) electrons. The molecule has 0 amide bonds. The zero-order chi connectivity index (χ0) is 9.97. The largest absolute Gasteiger partial charge is 0.358 e. The number of hydrogen-bond acceptors (Lipinski definition) is 0. The molecule has 1 heteroatoms. The standard InChI is InChI=1S/C13H15N/c1-3-12-10(2)9-13(14-12)11-7-5-4-6-8-11/h4-9,14H,3H2,1-2H3. The van der Waals surface area contributed by atoms with Gasteiger partial charge in [0.25, 0.3) is 0 Å². The summed E-state index contributed by atoms with van der Waals surface area (Å²) in [5.41, 5.74) is 5.17. The highest BCUT2D eigenvalue weighted by molar-refractivity contribution is 5.61. The van der Waals surface area contributed by atoms with E-state index in [0.29, 0.717) is 0 Å². The normalized spacial score (nSPS) is 10.4. The third kappa shape index (κ3) is 1.58. The van der Waals surface area contributed by atoms with Crippen LogP contribution in [0.2, 0.25) is 0 Å². The van der Waals surface area contributed by atoms with Gasteiger partial charge in [0.1, 0.15) is 0 Å². The van der Waals surface area contributed by atoms with Crippen molar-refractivity contribution in [2.24, 2.45) is 0 Å². The van der Waals surface area contributed by atoms with Gasteiger partial charge < -0.3 is 4.98 Å². The Morgan fingerprint density at radius 2 is 1.86 bits per heavy atom. The molecular weight excluding hydrogens is 170 g/mol. The van der Waals surface area contributed by atoms with E-state index in [2.05, 4.69) is 49.2 Å². The molecule has 72 valence electrons. The van der Waals surface area contributed by atoms with Crippen molar-refractivity contribution in [2.45, 2.75) is 20.3 Å². The van der Waals surface area contributed by atoms with Crippen LogP contribution in [0.15, 0.2) is 36.4 Å². The molecule has 2 aromatic rings. The van der Waals surface area contributed by atoms with Crippen LogP contribution in [-0.2, 0) is 6.42 Å². The van der Waals surface area contributed by atoms with Crippen molar-refractivity contribution in [1.82, 2.24) is 4.98 Å². The van der Waals surface area contributed by atoms with E-state index in [1.165, 1.54) is 22.5 Å². The molecule has 0 saturated heterocycles. The van der Waals surface area contributed by atoms with Crippen LogP contribution < -0.4 is 0 Å². The molecule has 0 fully saturated rings. The predicted molar refractivity (Wildman–Crippen MR) is 60.3 cm³/mol. The van der Waals surface area contributed by atoms with Crippen molar-refractivity contribution >= 4 is 0 Å². The molecule has 14 heavy (non-hydrogen) atoms. The maximum Gasteiger partial charge on any atom is 0.0458 e. The van der Waals surface area contributed by atoms with Gasteiger partial charge in [-0.2, -0.15) is 0 Å². The van der Waals surface area contributed by atoms with E-state index in [4.69, 9.17) is 0 Å². The van der Waals surface area contributed by atoms with Crippen LogP contribution >= 0.6 is 0 Å². The van der Waals surface area contributed by atoms with E-state index < -0.39 is 0 Å². The van der Waals surface area contributed by atoms with Crippen molar-refractivity contribution in [1.29, 1.82) is 0 Å². The first-order valence-corrected chi connectivity index (χ1v) is 5.05. The number of nitrogens with one attached hydrogen (secondary N) is 1. The lowest BCUT2D eigenvalue weighted by Crippen LogP contribution is -1.82. The maximum atomic E-state index is 3.45. The Morgan fingerprint density at radius 3 is 2.43 bits per heavy atom. The second-order valence-corrected chi connectivity index (χ2v) is 3.56. The Bertz CT molecular complexity index is 412. The minimum Gasteiger partial charge on any atom is -0.358 e. The highest BCUT2D eigenvalue weighted by Gasteiger charge is 2.03. The van der Waals surface area contributed by atoms with Gasteiger partial charge in [-0.15, -0.1) is 0 Å². The summed E-state index contributed by atoms with van der Waals surface area (Å²) in [7, 11) is 0. The smallest absolute Gasteiger partial charge is 0.0458 e. The second-order valence-electron chi connectivity index (χ2n) is 3.56. The third-order valence-corrected chi connectivity index (χ3v) is 2.56. The molecule has 0 saturated carbocycles. The Hall–Kier alpha value is -1.50. The van der Waals surface area contributed by atoms with Crippen molar-refractivity contribution < 1.29 is 0 Å². The maximum absolute atomic E-state index is 3.45. The summed E-state index contributed by atoms with van der Waals surface area (Å²) in [5.74, 6) is 0. The van der Waals surface area contributed by atoms with Crippen molar-refractivity contribution in [2.75, 3.05) is 0 Å². The van der Waals surface area contributed by atoms with Crippen LogP contribution in [0.25, 0.3) is 11.3 Å². The first-order valence-electron chi connectivity index (χ1n) is 5.05. The number of benzene rings is 1. The minimum absolute atomic E-state index is 1.07. The van der Waals surface area contributed by atoms with Crippen LogP contribution in [0.4, 0.5) is 0 Å². The molecule has 1 N–H and O–H groups in total. The van der Waals surface area contributed by atoms with Gasteiger partial charge in [-0.3, -0.25) is 0 Å². The molecular formula is C13H15N. The lowest BCUT2D eigenvalue weighted by Gasteiger charge is -1.96. The van der Waals surface area contributed by atoms with E-state index in [0.717, 1.165) is 6.42 Å². The van der Waals surface area contributed by atoms with Gasteiger partial charge in [0, 0.05) is 11.4 Å². The first-order chi connectivity index (χ1) is 6.81. The zero-order valence-electron chi connectivity index (χ0n) is 8.67. The van der Waals surface area contributed by atoms with Crippen molar-refractivity contribution in [3.05, 3.63) is 47.7 Å². The molecule has 1 aromatic heterocycles. The van der Waals surface area contributed by atoms with Crippen LogP contribution in [0.5, 0.6) is 0 Å². The fourth-order valence-corrected chi connectivity index (χ4v) is 1.74. The quantitative estimate of drug-likeness (QED) is 0.736. The average molecular weight is 185 g/mol. The minimum atomic E-state index is 1.07. The average Bonchev–Trinajstić information content (AvgIpc) is 2.61. The van der Waals surface area contributed by atoms with Gasteiger partial charge in [-0.1, -0.05) is 37.3 Å².